The quantitative estimate of drug-likeness (QED) is 0.375. The van der Waals surface area contributed by atoms with Crippen molar-refractivity contribution in [2.45, 2.75) is 32.0 Å². The van der Waals surface area contributed by atoms with Gasteiger partial charge in [-0.15, -0.1) is 0 Å². The van der Waals surface area contributed by atoms with Crippen molar-refractivity contribution in [2.75, 3.05) is 19.7 Å². The second kappa shape index (κ2) is 10.9. The number of carbonyl (C=O) groups is 1. The average molecular weight is 462 g/mol. The lowest BCUT2D eigenvalue weighted by Gasteiger charge is -2.37. The molecule has 3 aromatic carbocycles. The summed E-state index contributed by atoms with van der Waals surface area (Å²) in [7, 11) is 0. The zero-order valence-corrected chi connectivity index (χ0v) is 19.0. The molecule has 176 valence electrons. The number of hydrogen-bond acceptors (Lipinski definition) is 5. The molecule has 3 aromatic rings. The van der Waals surface area contributed by atoms with E-state index in [1.165, 1.54) is 4.90 Å². The molecule has 1 N–H and O–H groups in total. The van der Waals surface area contributed by atoms with Crippen LogP contribution in [0.2, 0.25) is 0 Å². The molecule has 2 atom stereocenters. The minimum atomic E-state index is -0.968. The number of amides is 1. The van der Waals surface area contributed by atoms with Crippen LogP contribution in [0.5, 0.6) is 11.5 Å². The molecule has 2 unspecified atom stereocenters. The number of hydrogen-bond donors (Lipinski definition) is 1. The molecule has 0 aromatic heterocycles. The molecule has 1 aliphatic heterocycles. The van der Waals surface area contributed by atoms with E-state index in [0.29, 0.717) is 37.7 Å². The third kappa shape index (κ3) is 5.39. The summed E-state index contributed by atoms with van der Waals surface area (Å²) in [5.74, 6) is 2.61. The van der Waals surface area contributed by atoms with Crippen LogP contribution in [0.15, 0.2) is 66.9 Å². The summed E-state index contributed by atoms with van der Waals surface area (Å²) in [6.45, 7) is 3.35. The number of likely N-dealkylation sites (tertiary alicyclic amines) is 1. The van der Waals surface area contributed by atoms with Gasteiger partial charge in [0.25, 0.3) is 0 Å². The van der Waals surface area contributed by atoms with Crippen molar-refractivity contribution in [3.63, 3.8) is 0 Å². The van der Waals surface area contributed by atoms with Crippen LogP contribution in [0.4, 0.5) is 4.79 Å². The zero-order chi connectivity index (χ0) is 23.9. The third-order valence-electron chi connectivity index (χ3n) is 6.04. The van der Waals surface area contributed by atoms with Crippen LogP contribution in [0.1, 0.15) is 30.4 Å². The molecular formula is C27H27NO6. The Morgan fingerprint density at radius 1 is 1.15 bits per heavy atom. The second-order valence-electron chi connectivity index (χ2n) is 8.14. The highest BCUT2D eigenvalue weighted by atomic mass is 16.5. The van der Waals surface area contributed by atoms with Gasteiger partial charge >= 0.3 is 6.09 Å². The first-order valence-electron chi connectivity index (χ1n) is 11.3. The topological polar surface area (TPSA) is 85.3 Å². The summed E-state index contributed by atoms with van der Waals surface area (Å²) < 4.78 is 17.4. The largest absolute Gasteiger partial charge is 0.494 e. The second-order valence-corrected chi connectivity index (χ2v) is 8.14. The van der Waals surface area contributed by atoms with Crippen molar-refractivity contribution in [3.8, 4) is 11.5 Å². The Bertz CT molecular complexity index is 1200. The number of fused-ring (bicyclic) bond motifs is 1. The smallest absolute Gasteiger partial charge is 0.407 e. The molecule has 1 saturated heterocycles. The Morgan fingerprint density at radius 2 is 1.97 bits per heavy atom. The van der Waals surface area contributed by atoms with Crippen LogP contribution >= 0.6 is 0 Å². The number of nitrogens with zero attached hydrogens (tertiary/aromatic N) is 1. The van der Waals surface area contributed by atoms with Gasteiger partial charge in [0.05, 0.1) is 25.9 Å². The Hall–Kier alpha value is -3.80. The van der Waals surface area contributed by atoms with E-state index in [2.05, 4.69) is 24.3 Å². The molecule has 1 heterocycles. The van der Waals surface area contributed by atoms with E-state index in [4.69, 9.17) is 14.2 Å². The van der Waals surface area contributed by atoms with Crippen LogP contribution in [0.3, 0.4) is 0 Å². The summed E-state index contributed by atoms with van der Waals surface area (Å²) in [5, 5.41) is 11.8. The van der Waals surface area contributed by atoms with E-state index in [0.717, 1.165) is 28.2 Å². The monoisotopic (exact) mass is 461 g/mol. The summed E-state index contributed by atoms with van der Waals surface area (Å²) in [4.78, 5) is 23.8. The first-order chi connectivity index (χ1) is 16.6. The van der Waals surface area contributed by atoms with E-state index < -0.39 is 12.2 Å². The predicted octanol–water partition coefficient (Wildman–Crippen LogP) is 5.02. The third-order valence-corrected chi connectivity index (χ3v) is 6.04. The molecular weight excluding hydrogens is 434 g/mol. The van der Waals surface area contributed by atoms with Crippen molar-refractivity contribution >= 4 is 22.8 Å². The van der Waals surface area contributed by atoms with Crippen LogP contribution < -0.4 is 9.47 Å². The highest BCUT2D eigenvalue weighted by Crippen LogP contribution is 2.38. The van der Waals surface area contributed by atoms with Crippen molar-refractivity contribution in [1.82, 2.24) is 4.90 Å². The average Bonchev–Trinajstić information content (AvgIpc) is 2.86. The van der Waals surface area contributed by atoms with Crippen molar-refractivity contribution in [3.05, 3.63) is 78.1 Å². The molecule has 34 heavy (non-hydrogen) atoms. The molecule has 0 saturated carbocycles. The summed E-state index contributed by atoms with van der Waals surface area (Å²) in [5.41, 5.74) is 1.85. The molecule has 0 bridgehead atoms. The first-order valence-corrected chi connectivity index (χ1v) is 11.3. The van der Waals surface area contributed by atoms with Gasteiger partial charge in [-0.05, 0) is 41.8 Å². The molecule has 0 radical (unpaired) electrons. The van der Waals surface area contributed by atoms with E-state index in [9.17, 15) is 14.7 Å². The van der Waals surface area contributed by atoms with E-state index in [-0.39, 0.29) is 12.5 Å². The number of rotatable bonds is 8. The maximum atomic E-state index is 11.7. The Morgan fingerprint density at radius 3 is 2.74 bits per heavy atom. The fourth-order valence-electron chi connectivity index (χ4n) is 4.41. The highest BCUT2D eigenvalue weighted by Gasteiger charge is 2.35. The summed E-state index contributed by atoms with van der Waals surface area (Å²) >= 11 is 0. The van der Waals surface area contributed by atoms with E-state index in [1.54, 1.807) is 12.0 Å². The van der Waals surface area contributed by atoms with Crippen LogP contribution in [-0.4, -0.2) is 47.8 Å². The number of carboxylic acid groups (broad SMARTS) is 1. The Balaban J connectivity index is 1.60. The van der Waals surface area contributed by atoms with Crippen LogP contribution in [0, 0.1) is 0 Å². The molecule has 0 spiro atoms. The zero-order valence-electron chi connectivity index (χ0n) is 19.0. The van der Waals surface area contributed by atoms with Gasteiger partial charge in [-0.2, -0.15) is 0 Å². The lowest BCUT2D eigenvalue weighted by molar-refractivity contribution is -0.0202. The van der Waals surface area contributed by atoms with E-state index >= 15 is 0 Å². The number of carbonyl (C=O) groups excluding carboxylic acids is 1. The standard InChI is InChI=1S/C27H27NO6/c1-2-32-22-9-10-23(25(16-22)33-14-13-29)24-11-12-28(27(30)31)17-26(24)34-18-19-7-8-20-5-3-4-6-21(20)15-19/h3-10,14-16,24,26H,2,11-12,17-18H2,1H3,(H,30,31). The van der Waals surface area contributed by atoms with Gasteiger partial charge in [-0.3, -0.25) is 0 Å². The van der Waals surface area contributed by atoms with Gasteiger partial charge in [-0.25, -0.2) is 9.59 Å². The first kappa shape index (κ1) is 23.4. The molecule has 1 amide bonds. The SMILES string of the molecule is CCOc1ccc(C2CCN(C(=O)O)CC2OCc2ccc3ccccc3c2)c(OC=C=O)c1. The lowest BCUT2D eigenvalue weighted by Crippen LogP contribution is -2.46. The minimum Gasteiger partial charge on any atom is -0.494 e. The minimum absolute atomic E-state index is 0.123. The molecule has 0 aliphatic carbocycles. The van der Waals surface area contributed by atoms with Gasteiger partial charge in [0.1, 0.15) is 11.5 Å². The van der Waals surface area contributed by atoms with Gasteiger partial charge < -0.3 is 24.2 Å². The van der Waals surface area contributed by atoms with Crippen molar-refractivity contribution in [2.24, 2.45) is 0 Å². The Labute approximate surface area is 198 Å². The molecule has 1 fully saturated rings. The molecule has 7 heteroatoms. The molecule has 7 nitrogen and oxygen atoms in total. The van der Waals surface area contributed by atoms with E-state index in [1.807, 2.05) is 37.3 Å². The summed E-state index contributed by atoms with van der Waals surface area (Å²) in [6, 6.07) is 19.8. The normalized spacial score (nSPS) is 17.7. The van der Waals surface area contributed by atoms with Gasteiger partial charge in [-0.1, -0.05) is 42.5 Å². The van der Waals surface area contributed by atoms with Crippen molar-refractivity contribution < 1.29 is 28.9 Å². The molecule has 4 rings (SSSR count). The molecule has 1 aliphatic rings. The maximum absolute atomic E-state index is 11.7. The highest BCUT2D eigenvalue weighted by molar-refractivity contribution is 5.82. The number of ether oxygens (including phenoxy) is 3. The number of benzene rings is 3. The predicted molar refractivity (Wildman–Crippen MR) is 128 cm³/mol. The van der Waals surface area contributed by atoms with Gasteiger partial charge in [0, 0.05) is 24.1 Å². The lowest BCUT2D eigenvalue weighted by atomic mass is 9.86. The fourth-order valence-corrected chi connectivity index (χ4v) is 4.41. The summed E-state index contributed by atoms with van der Waals surface area (Å²) in [6.07, 6.45) is 0.164. The Kier molecular flexibility index (Phi) is 7.48. The van der Waals surface area contributed by atoms with Crippen LogP contribution in [-0.2, 0) is 16.1 Å². The van der Waals surface area contributed by atoms with Crippen LogP contribution in [0.25, 0.3) is 10.8 Å². The van der Waals surface area contributed by atoms with Gasteiger partial charge in [0.15, 0.2) is 12.2 Å². The fraction of sp³-hybridized carbons (Fsp3) is 0.296. The maximum Gasteiger partial charge on any atom is 0.407 e. The number of piperidine rings is 1. The van der Waals surface area contributed by atoms with Gasteiger partial charge in [0.2, 0.25) is 0 Å². The van der Waals surface area contributed by atoms with Crippen molar-refractivity contribution in [1.29, 1.82) is 0 Å².